The highest BCUT2D eigenvalue weighted by Gasteiger charge is 2.25. The molecule has 1 atom stereocenters. The summed E-state index contributed by atoms with van der Waals surface area (Å²) in [5, 5.41) is 8.12. The van der Waals surface area contributed by atoms with Gasteiger partial charge in [0.15, 0.2) is 0 Å². The molecular weight excluding hydrogens is 382 g/mol. The van der Waals surface area contributed by atoms with Gasteiger partial charge in [-0.3, -0.25) is 4.79 Å². The van der Waals surface area contributed by atoms with Gasteiger partial charge in [0, 0.05) is 30.5 Å². The van der Waals surface area contributed by atoms with E-state index in [9.17, 15) is 4.79 Å². The molecular formula is C23H27N3O2S. The first-order valence-corrected chi connectivity index (χ1v) is 11.2. The van der Waals surface area contributed by atoms with Crippen LogP contribution in [-0.2, 0) is 17.6 Å². The molecule has 1 saturated heterocycles. The van der Waals surface area contributed by atoms with Crippen molar-refractivity contribution in [2.75, 3.05) is 13.1 Å². The van der Waals surface area contributed by atoms with Gasteiger partial charge in [-0.25, -0.2) is 0 Å². The summed E-state index contributed by atoms with van der Waals surface area (Å²) in [6, 6.07) is 10.4. The second kappa shape index (κ2) is 8.91. The van der Waals surface area contributed by atoms with E-state index in [0.29, 0.717) is 30.0 Å². The maximum Gasteiger partial charge on any atom is 0.227 e. The quantitative estimate of drug-likeness (QED) is 0.578. The second-order valence-electron chi connectivity index (χ2n) is 8.15. The summed E-state index contributed by atoms with van der Waals surface area (Å²) in [5.41, 5.74) is 3.38. The molecule has 1 amide bonds. The fourth-order valence-electron chi connectivity index (χ4n) is 3.86. The van der Waals surface area contributed by atoms with Crippen LogP contribution in [-0.4, -0.2) is 34.0 Å². The van der Waals surface area contributed by atoms with E-state index in [4.69, 9.17) is 4.52 Å². The van der Waals surface area contributed by atoms with Crippen LogP contribution in [0, 0.1) is 5.92 Å². The standard InChI is InChI=1S/C23H27N3O2S/c1-16(2)19-7-5-17(6-8-19)13-22(27)26-10-3-4-18(14-26)12-21-24-23(25-28-21)20-9-11-29-15-20/h5-9,11,15-16,18H,3-4,10,12-14H2,1-2H3. The Bertz CT molecular complexity index is 931. The minimum atomic E-state index is 0.205. The molecule has 3 heterocycles. The van der Waals surface area contributed by atoms with E-state index in [1.54, 1.807) is 11.3 Å². The lowest BCUT2D eigenvalue weighted by Crippen LogP contribution is -2.41. The van der Waals surface area contributed by atoms with E-state index < -0.39 is 0 Å². The zero-order chi connectivity index (χ0) is 20.2. The Labute approximate surface area is 175 Å². The first-order valence-electron chi connectivity index (χ1n) is 10.3. The summed E-state index contributed by atoms with van der Waals surface area (Å²) >= 11 is 1.62. The third-order valence-electron chi connectivity index (χ3n) is 5.58. The molecule has 29 heavy (non-hydrogen) atoms. The number of benzene rings is 1. The van der Waals surface area contributed by atoms with Crippen LogP contribution in [0.5, 0.6) is 0 Å². The van der Waals surface area contributed by atoms with Gasteiger partial charge in [0.05, 0.1) is 6.42 Å². The summed E-state index contributed by atoms with van der Waals surface area (Å²) in [7, 11) is 0. The zero-order valence-electron chi connectivity index (χ0n) is 17.0. The number of rotatable bonds is 6. The van der Waals surface area contributed by atoms with Crippen LogP contribution in [0.4, 0.5) is 0 Å². The SMILES string of the molecule is CC(C)c1ccc(CC(=O)N2CCCC(Cc3nc(-c4ccsc4)no3)C2)cc1. The Kier molecular flexibility index (Phi) is 6.09. The van der Waals surface area contributed by atoms with Crippen molar-refractivity contribution in [3.63, 3.8) is 0 Å². The Morgan fingerprint density at radius 2 is 2.10 bits per heavy atom. The molecule has 2 aromatic heterocycles. The average molecular weight is 410 g/mol. The molecule has 152 valence electrons. The molecule has 0 N–H and O–H groups in total. The molecule has 3 aromatic rings. The van der Waals surface area contributed by atoms with Crippen molar-refractivity contribution < 1.29 is 9.32 Å². The zero-order valence-corrected chi connectivity index (χ0v) is 17.8. The number of carbonyl (C=O) groups excluding carboxylic acids is 1. The van der Waals surface area contributed by atoms with Crippen molar-refractivity contribution in [1.29, 1.82) is 0 Å². The van der Waals surface area contributed by atoms with Gasteiger partial charge in [-0.1, -0.05) is 43.3 Å². The lowest BCUT2D eigenvalue weighted by Gasteiger charge is -2.32. The molecule has 4 rings (SSSR count). The first-order chi connectivity index (χ1) is 14.1. The van der Waals surface area contributed by atoms with Gasteiger partial charge in [-0.2, -0.15) is 16.3 Å². The van der Waals surface area contributed by atoms with Crippen LogP contribution in [0.15, 0.2) is 45.6 Å². The lowest BCUT2D eigenvalue weighted by atomic mass is 9.94. The number of amides is 1. The lowest BCUT2D eigenvalue weighted by molar-refractivity contribution is -0.132. The molecule has 0 bridgehead atoms. The number of hydrogen-bond donors (Lipinski definition) is 0. The third-order valence-corrected chi connectivity index (χ3v) is 6.27. The van der Waals surface area contributed by atoms with E-state index in [-0.39, 0.29) is 5.91 Å². The Balaban J connectivity index is 1.33. The smallest absolute Gasteiger partial charge is 0.227 e. The molecule has 0 spiro atoms. The van der Waals surface area contributed by atoms with E-state index in [1.807, 2.05) is 21.7 Å². The van der Waals surface area contributed by atoms with Crippen LogP contribution in [0.25, 0.3) is 11.4 Å². The molecule has 1 aliphatic rings. The van der Waals surface area contributed by atoms with Gasteiger partial charge < -0.3 is 9.42 Å². The maximum atomic E-state index is 12.8. The number of hydrogen-bond acceptors (Lipinski definition) is 5. The van der Waals surface area contributed by atoms with E-state index in [0.717, 1.165) is 43.5 Å². The third kappa shape index (κ3) is 4.93. The minimum Gasteiger partial charge on any atom is -0.342 e. The van der Waals surface area contributed by atoms with Crippen molar-refractivity contribution in [1.82, 2.24) is 15.0 Å². The number of piperidine rings is 1. The number of thiophene rings is 1. The summed E-state index contributed by atoms with van der Waals surface area (Å²) in [6.45, 7) is 5.96. The summed E-state index contributed by atoms with van der Waals surface area (Å²) < 4.78 is 5.45. The highest BCUT2D eigenvalue weighted by Crippen LogP contribution is 2.24. The van der Waals surface area contributed by atoms with E-state index in [1.165, 1.54) is 5.56 Å². The summed E-state index contributed by atoms with van der Waals surface area (Å²) in [4.78, 5) is 19.4. The average Bonchev–Trinajstić information content (AvgIpc) is 3.40. The minimum absolute atomic E-state index is 0.205. The largest absolute Gasteiger partial charge is 0.342 e. The molecule has 1 aromatic carbocycles. The van der Waals surface area contributed by atoms with Crippen LogP contribution >= 0.6 is 11.3 Å². The van der Waals surface area contributed by atoms with Gasteiger partial charge >= 0.3 is 0 Å². The molecule has 0 saturated carbocycles. The molecule has 6 heteroatoms. The number of likely N-dealkylation sites (tertiary alicyclic amines) is 1. The highest BCUT2D eigenvalue weighted by atomic mass is 32.1. The highest BCUT2D eigenvalue weighted by molar-refractivity contribution is 7.08. The van der Waals surface area contributed by atoms with Gasteiger partial charge in [-0.15, -0.1) is 0 Å². The van der Waals surface area contributed by atoms with Crippen molar-refractivity contribution in [3.8, 4) is 11.4 Å². The van der Waals surface area contributed by atoms with Crippen molar-refractivity contribution in [2.24, 2.45) is 5.92 Å². The van der Waals surface area contributed by atoms with E-state index in [2.05, 4.69) is 48.3 Å². The fourth-order valence-corrected chi connectivity index (χ4v) is 4.49. The first kappa shape index (κ1) is 19.8. The Hall–Kier alpha value is -2.47. The molecule has 1 unspecified atom stereocenters. The number of nitrogens with zero attached hydrogens (tertiary/aromatic N) is 3. The molecule has 1 aliphatic heterocycles. The molecule has 1 fully saturated rings. The fraction of sp³-hybridized carbons (Fsp3) is 0.435. The van der Waals surface area contributed by atoms with Gasteiger partial charge in [0.1, 0.15) is 0 Å². The predicted octanol–water partition coefficient (Wildman–Crippen LogP) is 4.95. The molecule has 0 radical (unpaired) electrons. The van der Waals surface area contributed by atoms with Gasteiger partial charge in [-0.05, 0) is 47.3 Å². The summed E-state index contributed by atoms with van der Waals surface area (Å²) in [5.74, 6) is 2.39. The van der Waals surface area contributed by atoms with Gasteiger partial charge in [0.2, 0.25) is 17.6 Å². The van der Waals surface area contributed by atoms with Crippen molar-refractivity contribution in [3.05, 3.63) is 58.1 Å². The predicted molar refractivity (Wildman–Crippen MR) is 115 cm³/mol. The Morgan fingerprint density at radius 1 is 1.28 bits per heavy atom. The van der Waals surface area contributed by atoms with Gasteiger partial charge in [0.25, 0.3) is 0 Å². The van der Waals surface area contributed by atoms with Crippen LogP contribution in [0.1, 0.15) is 49.6 Å². The van der Waals surface area contributed by atoms with Crippen LogP contribution in [0.2, 0.25) is 0 Å². The normalized spacial score (nSPS) is 17.1. The van der Waals surface area contributed by atoms with Crippen molar-refractivity contribution in [2.45, 2.75) is 45.4 Å². The maximum absolute atomic E-state index is 12.8. The Morgan fingerprint density at radius 3 is 2.83 bits per heavy atom. The van der Waals surface area contributed by atoms with E-state index >= 15 is 0 Å². The molecule has 0 aliphatic carbocycles. The topological polar surface area (TPSA) is 59.2 Å². The molecule has 5 nitrogen and oxygen atoms in total. The summed E-state index contributed by atoms with van der Waals surface area (Å²) in [6.07, 6.45) is 3.30. The van der Waals surface area contributed by atoms with Crippen LogP contribution in [0.3, 0.4) is 0 Å². The number of carbonyl (C=O) groups is 1. The monoisotopic (exact) mass is 409 g/mol. The van der Waals surface area contributed by atoms with Crippen molar-refractivity contribution >= 4 is 17.2 Å². The number of aromatic nitrogens is 2. The second-order valence-corrected chi connectivity index (χ2v) is 8.93. The van der Waals surface area contributed by atoms with Crippen LogP contribution < -0.4 is 0 Å².